The van der Waals surface area contributed by atoms with E-state index in [0.29, 0.717) is 11.1 Å². The number of hydrogen-bond donors (Lipinski definition) is 2. The van der Waals surface area contributed by atoms with E-state index >= 15 is 0 Å². The topological polar surface area (TPSA) is 170 Å². The van der Waals surface area contributed by atoms with Crippen LogP contribution >= 0.6 is 7.82 Å². The monoisotopic (exact) mass is 551 g/mol. The van der Waals surface area contributed by atoms with Gasteiger partial charge < -0.3 is 38.3 Å². The van der Waals surface area contributed by atoms with Gasteiger partial charge in [0.2, 0.25) is 0 Å². The number of phosphoric acid groups is 1. The Kier molecular flexibility index (Phi) is 7.56. The summed E-state index contributed by atoms with van der Waals surface area (Å²) in [5.74, 6) is -1.22. The van der Waals surface area contributed by atoms with Crippen LogP contribution in [0.5, 0.6) is 5.75 Å². The highest BCUT2D eigenvalue weighted by atomic mass is 31.2. The molecule has 2 aromatic carbocycles. The molecule has 1 atom stereocenters. The van der Waals surface area contributed by atoms with Gasteiger partial charge in [-0.2, -0.15) is 0 Å². The largest absolute Gasteiger partial charge is 0.780 e. The molecule has 1 aliphatic carbocycles. The van der Waals surface area contributed by atoms with Crippen molar-refractivity contribution >= 4 is 30.7 Å². The molecule has 0 radical (unpaired) electrons. The van der Waals surface area contributed by atoms with Gasteiger partial charge in [0.25, 0.3) is 5.91 Å². The molecule has 0 spiro atoms. The summed E-state index contributed by atoms with van der Waals surface area (Å²) >= 11 is 0. The average molecular weight is 551 g/mol. The molecule has 0 saturated heterocycles. The van der Waals surface area contributed by atoms with E-state index in [-0.39, 0.29) is 23.8 Å². The Morgan fingerprint density at radius 2 is 1.87 bits per heavy atom. The molecule has 1 aliphatic rings. The van der Waals surface area contributed by atoms with Crippen molar-refractivity contribution < 1.29 is 38.0 Å². The molecule has 0 bridgehead atoms. The first-order valence-corrected chi connectivity index (χ1v) is 14.0. The molecular weight excluding hydrogens is 525 g/mol. The Bertz CT molecular complexity index is 1520. The van der Waals surface area contributed by atoms with E-state index in [1.807, 2.05) is 12.1 Å². The highest BCUT2D eigenvalue weighted by molar-refractivity contribution is 7.43. The molecule has 4 aromatic rings. The van der Waals surface area contributed by atoms with Crippen molar-refractivity contribution in [1.29, 1.82) is 0 Å². The smallest absolute Gasteiger partial charge is 0.326 e. The molecule has 2 N–H and O–H groups in total. The number of nitrogens with zero attached hydrogens (tertiary/aromatic N) is 2. The van der Waals surface area contributed by atoms with Gasteiger partial charge in [-0.25, -0.2) is 9.78 Å². The van der Waals surface area contributed by atoms with E-state index in [2.05, 4.69) is 14.4 Å². The first-order valence-electron chi connectivity index (χ1n) is 12.6. The molecule has 1 saturated carbocycles. The number of phosphoric ester groups is 1. The van der Waals surface area contributed by atoms with E-state index in [9.17, 15) is 29.0 Å². The van der Waals surface area contributed by atoms with Gasteiger partial charge in [-0.05, 0) is 54.8 Å². The predicted molar refractivity (Wildman–Crippen MR) is 137 cm³/mol. The van der Waals surface area contributed by atoms with Gasteiger partial charge in [-0.3, -0.25) is 4.79 Å². The van der Waals surface area contributed by atoms with Crippen LogP contribution in [0.25, 0.3) is 22.4 Å². The molecule has 11 nitrogen and oxygen atoms in total. The number of carbonyl (C=O) groups excluding carboxylic acids is 1. The molecule has 0 aliphatic heterocycles. The van der Waals surface area contributed by atoms with Crippen molar-refractivity contribution in [3.63, 3.8) is 0 Å². The lowest BCUT2D eigenvalue weighted by Gasteiger charge is -2.29. The maximum absolute atomic E-state index is 13.1. The van der Waals surface area contributed by atoms with Crippen LogP contribution in [-0.4, -0.2) is 32.6 Å². The summed E-state index contributed by atoms with van der Waals surface area (Å²) in [5, 5.41) is 12.3. The minimum Gasteiger partial charge on any atom is -0.780 e. The summed E-state index contributed by atoms with van der Waals surface area (Å²) in [5.41, 5.74) is 3.13. The fourth-order valence-corrected chi connectivity index (χ4v) is 5.42. The lowest BCUT2D eigenvalue weighted by atomic mass is 9.95. The molecule has 39 heavy (non-hydrogen) atoms. The zero-order valence-electron chi connectivity index (χ0n) is 20.8. The van der Waals surface area contributed by atoms with E-state index in [1.165, 1.54) is 30.7 Å². The van der Waals surface area contributed by atoms with E-state index in [4.69, 9.17) is 9.40 Å². The predicted octanol–water partition coefficient (Wildman–Crippen LogP) is 3.43. The van der Waals surface area contributed by atoms with Crippen LogP contribution in [0.1, 0.15) is 54.1 Å². The highest BCUT2D eigenvalue weighted by Gasteiger charge is 2.25. The van der Waals surface area contributed by atoms with Gasteiger partial charge >= 0.3 is 5.97 Å². The molecule has 1 amide bonds. The maximum atomic E-state index is 13.1. The Morgan fingerprint density at radius 1 is 1.13 bits per heavy atom. The average Bonchev–Trinajstić information content (AvgIpc) is 3.56. The van der Waals surface area contributed by atoms with Gasteiger partial charge in [0.1, 0.15) is 31.7 Å². The summed E-state index contributed by atoms with van der Waals surface area (Å²) in [6.45, 7) is 0. The van der Waals surface area contributed by atoms with Gasteiger partial charge in [-0.1, -0.05) is 31.4 Å². The van der Waals surface area contributed by atoms with E-state index in [0.717, 1.165) is 42.6 Å². The fraction of sp³-hybridized carbons (Fsp3) is 0.296. The number of carbonyl (C=O) groups is 2. The number of carboxylic acids is 1. The Balaban J connectivity index is 1.37. The van der Waals surface area contributed by atoms with Gasteiger partial charge in [-0.15, -0.1) is 0 Å². The molecule has 204 valence electrons. The molecular formula is C27H26N3O8P-2. The number of fused-ring (bicyclic) bond motifs is 1. The maximum Gasteiger partial charge on any atom is 0.326 e. The summed E-state index contributed by atoms with van der Waals surface area (Å²) < 4.78 is 22.6. The van der Waals surface area contributed by atoms with Crippen molar-refractivity contribution in [2.45, 2.75) is 50.6 Å². The van der Waals surface area contributed by atoms with Crippen LogP contribution in [-0.2, 0) is 15.8 Å². The molecule has 12 heteroatoms. The molecule has 2 aromatic heterocycles. The van der Waals surface area contributed by atoms with Crippen LogP contribution in [0.3, 0.4) is 0 Å². The number of amides is 1. The number of furan rings is 1. The second kappa shape index (κ2) is 11.1. The Hall–Kier alpha value is -3.92. The SMILES string of the molecule is O=C(N[C@@H](Cc1ccc(OP(=O)([O-])[O-])cc1)C(=O)O)c1ccc2c(c1)nc(-c1ccoc1)n2C1CCCCC1. The normalized spacial score (nSPS) is 15.2. The zero-order valence-corrected chi connectivity index (χ0v) is 21.7. The number of benzene rings is 2. The summed E-state index contributed by atoms with van der Waals surface area (Å²) in [6.07, 6.45) is 8.73. The highest BCUT2D eigenvalue weighted by Crippen LogP contribution is 2.36. The van der Waals surface area contributed by atoms with Crippen LogP contribution < -0.4 is 19.6 Å². The van der Waals surface area contributed by atoms with Crippen molar-refractivity contribution in [2.75, 3.05) is 0 Å². The first-order chi connectivity index (χ1) is 18.7. The molecule has 1 fully saturated rings. The van der Waals surface area contributed by atoms with Gasteiger partial charge in [0.05, 0.1) is 22.9 Å². The second-order valence-corrected chi connectivity index (χ2v) is 10.6. The lowest BCUT2D eigenvalue weighted by Crippen LogP contribution is -2.42. The lowest BCUT2D eigenvalue weighted by molar-refractivity contribution is -0.333. The number of hydrogen-bond acceptors (Lipinski definition) is 8. The first kappa shape index (κ1) is 26.7. The van der Waals surface area contributed by atoms with Crippen LogP contribution in [0.4, 0.5) is 0 Å². The summed E-state index contributed by atoms with van der Waals surface area (Å²) in [7, 11) is -5.20. The Morgan fingerprint density at radius 3 is 2.51 bits per heavy atom. The third kappa shape index (κ3) is 6.22. The third-order valence-corrected chi connectivity index (χ3v) is 7.29. The number of rotatable bonds is 9. The summed E-state index contributed by atoms with van der Waals surface area (Å²) in [4.78, 5) is 51.3. The summed E-state index contributed by atoms with van der Waals surface area (Å²) in [6, 6.07) is 11.4. The van der Waals surface area contributed by atoms with E-state index < -0.39 is 25.7 Å². The molecule has 2 heterocycles. The minimum absolute atomic E-state index is 0.0725. The van der Waals surface area contributed by atoms with Crippen LogP contribution in [0.15, 0.2) is 65.5 Å². The number of imidazole rings is 1. The molecule has 5 rings (SSSR count). The standard InChI is InChI=1S/C27H28N3O8P/c31-26(29-23(27(32)33)14-17-6-9-21(10-7-17)38-39(34,35)36)18-8-11-24-22(15-18)28-25(19-12-13-37-16-19)30(24)20-4-2-1-3-5-20/h6-13,15-16,20,23H,1-5,14H2,(H,29,31)(H,32,33)(H2,34,35,36)/p-2/t23-/m0/s1. The minimum atomic E-state index is -5.20. The van der Waals surface area contributed by atoms with Crippen molar-refractivity contribution in [2.24, 2.45) is 0 Å². The van der Waals surface area contributed by atoms with Gasteiger partial charge in [0.15, 0.2) is 0 Å². The second-order valence-electron chi connectivity index (χ2n) is 9.56. The van der Waals surface area contributed by atoms with E-state index in [1.54, 1.807) is 24.7 Å². The molecule has 0 unspecified atom stereocenters. The van der Waals surface area contributed by atoms with Crippen LogP contribution in [0.2, 0.25) is 0 Å². The number of nitrogens with one attached hydrogen (secondary N) is 1. The van der Waals surface area contributed by atoms with Crippen LogP contribution in [0, 0.1) is 0 Å². The van der Waals surface area contributed by atoms with Crippen molar-refractivity contribution in [3.05, 3.63) is 72.2 Å². The van der Waals surface area contributed by atoms with Gasteiger partial charge in [0, 0.05) is 18.0 Å². The number of aromatic nitrogens is 2. The van der Waals surface area contributed by atoms with Crippen molar-refractivity contribution in [3.8, 4) is 17.1 Å². The Labute approximate surface area is 223 Å². The van der Waals surface area contributed by atoms with Crippen molar-refractivity contribution in [1.82, 2.24) is 14.9 Å². The number of aliphatic carboxylic acids is 1. The zero-order chi connectivity index (χ0) is 27.6. The fourth-order valence-electron chi connectivity index (χ4n) is 5.04. The quantitative estimate of drug-likeness (QED) is 0.296. The third-order valence-electron chi connectivity index (χ3n) is 6.85. The number of carboxylic acid groups (broad SMARTS) is 1.